The Balaban J connectivity index is 1.97. The highest BCUT2D eigenvalue weighted by atomic mass is 28.3. The number of aromatic nitrogens is 4. The molecule has 2 aromatic heterocycles. The molecule has 0 radical (unpaired) electrons. The summed E-state index contributed by atoms with van der Waals surface area (Å²) in [6, 6.07) is 0.991. The van der Waals surface area contributed by atoms with Crippen molar-refractivity contribution in [2.45, 2.75) is 72.1 Å². The van der Waals surface area contributed by atoms with Gasteiger partial charge in [0.1, 0.15) is 18.0 Å². The number of nitrogens with zero attached hydrogens (tertiary/aromatic N) is 6. The van der Waals surface area contributed by atoms with Crippen LogP contribution in [0.2, 0.25) is 25.7 Å². The fourth-order valence-electron chi connectivity index (χ4n) is 4.05. The van der Waals surface area contributed by atoms with Crippen LogP contribution in [0.15, 0.2) is 4.79 Å². The molecule has 0 unspecified atom stereocenters. The Morgan fingerprint density at radius 3 is 2.27 bits per heavy atom. The van der Waals surface area contributed by atoms with Gasteiger partial charge < -0.3 is 24.0 Å². The largest absolute Gasteiger partial charge is 0.463 e. The van der Waals surface area contributed by atoms with Gasteiger partial charge >= 0.3 is 12.1 Å². The quantitative estimate of drug-likeness (QED) is 0.285. The number of ether oxygens (including phenoxy) is 3. The highest BCUT2D eigenvalue weighted by molar-refractivity contribution is 6.76. The van der Waals surface area contributed by atoms with Crippen LogP contribution in [-0.4, -0.2) is 89.7 Å². The van der Waals surface area contributed by atoms with E-state index < -0.39 is 19.6 Å². The van der Waals surface area contributed by atoms with Crippen molar-refractivity contribution < 1.29 is 23.8 Å². The van der Waals surface area contributed by atoms with Crippen molar-refractivity contribution in [3.63, 3.8) is 0 Å². The van der Waals surface area contributed by atoms with Gasteiger partial charge in [0, 0.05) is 40.9 Å². The molecule has 0 bridgehead atoms. The second kappa shape index (κ2) is 11.2. The van der Waals surface area contributed by atoms with Gasteiger partial charge in [0.15, 0.2) is 0 Å². The van der Waals surface area contributed by atoms with E-state index in [-0.39, 0.29) is 30.0 Å². The molecule has 0 aliphatic carbocycles. The van der Waals surface area contributed by atoms with E-state index in [9.17, 15) is 14.4 Å². The number of hydrogen-bond donors (Lipinski definition) is 0. The summed E-state index contributed by atoms with van der Waals surface area (Å²) in [5, 5.41) is 4.16. The third kappa shape index (κ3) is 6.89. The Bertz CT molecular complexity index is 1190. The molecule has 1 aliphatic heterocycles. The first-order chi connectivity index (χ1) is 17.3. The standard InChI is InChI=1S/C24H40N6O6Si/c1-9-17-18(27-10-12-28(13-11-27)23(33)36-24(2,3)4)20(31)30-22(25-19(26-30)21(32)34-5)29(17)16-35-14-15-37(6,7)8/h9-16H2,1-8H3. The molecule has 0 N–H and O–H groups in total. The third-order valence-corrected chi connectivity index (χ3v) is 7.70. The Morgan fingerprint density at radius 1 is 1.08 bits per heavy atom. The number of hydrogen-bond acceptors (Lipinski definition) is 9. The Labute approximate surface area is 218 Å². The number of rotatable bonds is 8. The number of esters is 1. The lowest BCUT2D eigenvalue weighted by Crippen LogP contribution is -2.51. The molecule has 3 rings (SSSR count). The molecule has 2 aromatic rings. The number of carbonyl (C=O) groups excluding carboxylic acids is 2. The van der Waals surface area contributed by atoms with Gasteiger partial charge in [0.25, 0.3) is 11.4 Å². The highest BCUT2D eigenvalue weighted by Gasteiger charge is 2.30. The molecule has 0 spiro atoms. The second-order valence-electron chi connectivity index (χ2n) is 11.3. The van der Waals surface area contributed by atoms with E-state index >= 15 is 0 Å². The first-order valence-corrected chi connectivity index (χ1v) is 16.4. The van der Waals surface area contributed by atoms with E-state index in [0.29, 0.717) is 44.9 Å². The lowest BCUT2D eigenvalue weighted by molar-refractivity contribution is 0.0240. The second-order valence-corrected chi connectivity index (χ2v) is 16.9. The molecule has 12 nitrogen and oxygen atoms in total. The summed E-state index contributed by atoms with van der Waals surface area (Å²) < 4.78 is 19.3. The zero-order valence-electron chi connectivity index (χ0n) is 23.3. The van der Waals surface area contributed by atoms with Gasteiger partial charge in [-0.1, -0.05) is 26.6 Å². The topological polar surface area (TPSA) is 121 Å². The number of methoxy groups -OCH3 is 1. The summed E-state index contributed by atoms with van der Waals surface area (Å²) in [6.45, 7) is 16.8. The van der Waals surface area contributed by atoms with Crippen LogP contribution in [0.4, 0.5) is 10.5 Å². The summed E-state index contributed by atoms with van der Waals surface area (Å²) in [4.78, 5) is 46.3. The first-order valence-electron chi connectivity index (χ1n) is 12.7. The predicted octanol–water partition coefficient (Wildman–Crippen LogP) is 2.61. The minimum Gasteiger partial charge on any atom is -0.463 e. The molecule has 0 atom stereocenters. The van der Waals surface area contributed by atoms with Gasteiger partial charge in [-0.05, 0) is 33.2 Å². The predicted molar refractivity (Wildman–Crippen MR) is 142 cm³/mol. The normalized spacial score (nSPS) is 14.8. The zero-order chi connectivity index (χ0) is 27.5. The fourth-order valence-corrected chi connectivity index (χ4v) is 4.81. The van der Waals surface area contributed by atoms with Crippen LogP contribution >= 0.6 is 0 Å². The monoisotopic (exact) mass is 536 g/mol. The molecule has 0 aromatic carbocycles. The van der Waals surface area contributed by atoms with Gasteiger partial charge in [-0.25, -0.2) is 9.59 Å². The molecule has 1 fully saturated rings. The maximum absolute atomic E-state index is 13.7. The van der Waals surface area contributed by atoms with Crippen molar-refractivity contribution in [2.75, 3.05) is 44.8 Å². The van der Waals surface area contributed by atoms with Gasteiger partial charge in [-0.3, -0.25) is 9.36 Å². The van der Waals surface area contributed by atoms with E-state index in [1.54, 1.807) is 9.47 Å². The van der Waals surface area contributed by atoms with Crippen molar-refractivity contribution >= 4 is 31.6 Å². The van der Waals surface area contributed by atoms with E-state index in [4.69, 9.17) is 14.2 Å². The van der Waals surface area contributed by atoms with Crippen LogP contribution < -0.4 is 10.5 Å². The SMILES string of the molecule is CCc1c(N2CCN(C(=O)OC(C)(C)C)CC2)c(=O)n2nc(C(=O)OC)nc2n1COCC[Si](C)(C)C. The van der Waals surface area contributed by atoms with Crippen LogP contribution in [-0.2, 0) is 27.4 Å². The number of fused-ring (bicyclic) bond motifs is 1. The zero-order valence-corrected chi connectivity index (χ0v) is 24.3. The van der Waals surface area contributed by atoms with Crippen LogP contribution in [0.3, 0.4) is 0 Å². The van der Waals surface area contributed by atoms with Gasteiger partial charge in [-0.2, -0.15) is 9.50 Å². The molecule has 13 heteroatoms. The van der Waals surface area contributed by atoms with Crippen molar-refractivity contribution in [1.82, 2.24) is 24.1 Å². The average molecular weight is 537 g/mol. The minimum absolute atomic E-state index is 0.168. The van der Waals surface area contributed by atoms with Crippen molar-refractivity contribution in [3.05, 3.63) is 21.9 Å². The lowest BCUT2D eigenvalue weighted by atomic mass is 10.2. The summed E-state index contributed by atoms with van der Waals surface area (Å²) in [6.07, 6.45) is 0.163. The molecule has 1 saturated heterocycles. The maximum atomic E-state index is 13.7. The van der Waals surface area contributed by atoms with Crippen molar-refractivity contribution in [2.24, 2.45) is 0 Å². The summed E-state index contributed by atoms with van der Waals surface area (Å²) in [5.41, 5.74) is 0.245. The number of amides is 1. The molecular formula is C24H40N6O6Si. The van der Waals surface area contributed by atoms with Crippen LogP contribution in [0.5, 0.6) is 0 Å². The minimum atomic E-state index is -1.29. The Hall–Kier alpha value is -2.93. The molecule has 1 aliphatic rings. The Morgan fingerprint density at radius 2 is 1.73 bits per heavy atom. The number of anilines is 1. The maximum Gasteiger partial charge on any atom is 0.410 e. The first kappa shape index (κ1) is 28.6. The summed E-state index contributed by atoms with van der Waals surface area (Å²) in [7, 11) is -0.0509. The van der Waals surface area contributed by atoms with Gasteiger partial charge in [0.2, 0.25) is 5.78 Å². The summed E-state index contributed by atoms with van der Waals surface area (Å²) in [5.74, 6) is -0.685. The number of carbonyl (C=O) groups is 2. The van der Waals surface area contributed by atoms with Gasteiger partial charge in [0.05, 0.1) is 12.8 Å². The molecular weight excluding hydrogens is 496 g/mol. The highest BCUT2D eigenvalue weighted by Crippen LogP contribution is 2.22. The van der Waals surface area contributed by atoms with Crippen LogP contribution in [0.25, 0.3) is 5.78 Å². The Kier molecular flexibility index (Phi) is 8.68. The fraction of sp³-hybridized carbons (Fsp3) is 0.708. The lowest BCUT2D eigenvalue weighted by Gasteiger charge is -2.37. The van der Waals surface area contributed by atoms with E-state index in [2.05, 4.69) is 29.7 Å². The van der Waals surface area contributed by atoms with Gasteiger partial charge in [-0.15, -0.1) is 5.10 Å². The average Bonchev–Trinajstić information content (AvgIpc) is 3.26. The van der Waals surface area contributed by atoms with Crippen molar-refractivity contribution in [1.29, 1.82) is 0 Å². The molecule has 1 amide bonds. The van der Waals surface area contributed by atoms with E-state index in [1.807, 2.05) is 32.6 Å². The third-order valence-electron chi connectivity index (χ3n) is 5.99. The van der Waals surface area contributed by atoms with Crippen LogP contribution in [0.1, 0.15) is 44.0 Å². The molecule has 3 heterocycles. The van der Waals surface area contributed by atoms with Crippen LogP contribution in [0, 0.1) is 0 Å². The molecule has 206 valence electrons. The molecule has 0 saturated carbocycles. The van der Waals surface area contributed by atoms with E-state index in [0.717, 1.165) is 16.3 Å². The van der Waals surface area contributed by atoms with Crippen molar-refractivity contribution in [3.8, 4) is 0 Å². The summed E-state index contributed by atoms with van der Waals surface area (Å²) >= 11 is 0. The molecule has 37 heavy (non-hydrogen) atoms. The number of piperazine rings is 1. The smallest absolute Gasteiger partial charge is 0.410 e. The van der Waals surface area contributed by atoms with E-state index in [1.165, 1.54) is 7.11 Å².